The van der Waals surface area contributed by atoms with Gasteiger partial charge in [0.05, 0.1) is 24.0 Å². The Balaban J connectivity index is 1.48. The number of amides is 2. The third-order valence-corrected chi connectivity index (χ3v) is 6.75. The fourth-order valence-electron chi connectivity index (χ4n) is 5.02. The summed E-state index contributed by atoms with van der Waals surface area (Å²) < 4.78 is 3.45. The van der Waals surface area contributed by atoms with Gasteiger partial charge in [0.2, 0.25) is 0 Å². The third-order valence-electron chi connectivity index (χ3n) is 6.75. The lowest BCUT2D eigenvalue weighted by molar-refractivity contribution is 0.0883. The number of nitrogens with zero attached hydrogens (tertiary/aromatic N) is 4. The van der Waals surface area contributed by atoms with Crippen LogP contribution in [-0.2, 0) is 12.5 Å². The Morgan fingerprint density at radius 1 is 1.11 bits per heavy atom. The number of aryl methyl sites for hydroxylation is 1. The molecule has 180 valence electrons. The van der Waals surface area contributed by atoms with Crippen LogP contribution < -0.4 is 10.6 Å². The first-order valence-corrected chi connectivity index (χ1v) is 11.7. The minimum Gasteiger partial charge on any atom is -0.391 e. The van der Waals surface area contributed by atoms with Gasteiger partial charge in [0.15, 0.2) is 0 Å². The van der Waals surface area contributed by atoms with Crippen LogP contribution in [0.25, 0.3) is 16.9 Å². The molecule has 0 unspecified atom stereocenters. The fraction of sp³-hybridized carbons (Fsp3) is 0.296. The molecular formula is C27H30N6O2. The number of anilines is 1. The molecule has 4 aromatic rings. The minimum atomic E-state index is -0.697. The van der Waals surface area contributed by atoms with Crippen LogP contribution in [0.4, 0.5) is 10.6 Å². The molecule has 2 aromatic heterocycles. The zero-order valence-corrected chi connectivity index (χ0v) is 20.4. The van der Waals surface area contributed by atoms with Crippen molar-refractivity contribution < 1.29 is 9.90 Å². The van der Waals surface area contributed by atoms with Crippen molar-refractivity contribution in [2.75, 3.05) is 5.32 Å². The number of hydrogen-bond donors (Lipinski definition) is 3. The maximum Gasteiger partial charge on any atom is 0.320 e. The average molecular weight is 471 g/mol. The topological polar surface area (TPSA) is 97.0 Å². The molecule has 0 aliphatic heterocycles. The lowest BCUT2D eigenvalue weighted by atomic mass is 9.70. The van der Waals surface area contributed by atoms with E-state index in [4.69, 9.17) is 5.10 Å². The molecule has 0 fully saturated rings. The second kappa shape index (κ2) is 8.70. The van der Waals surface area contributed by atoms with Crippen molar-refractivity contribution >= 4 is 11.8 Å². The van der Waals surface area contributed by atoms with Crippen molar-refractivity contribution in [2.45, 2.75) is 44.8 Å². The lowest BCUT2D eigenvalue weighted by Gasteiger charge is -2.40. The van der Waals surface area contributed by atoms with E-state index in [-0.39, 0.29) is 5.41 Å². The third kappa shape index (κ3) is 4.21. The van der Waals surface area contributed by atoms with Crippen molar-refractivity contribution in [1.29, 1.82) is 0 Å². The molecule has 0 saturated heterocycles. The number of urea groups is 1. The number of aromatic nitrogens is 4. The predicted molar refractivity (Wildman–Crippen MR) is 135 cm³/mol. The molecule has 3 N–H and O–H groups in total. The highest BCUT2D eigenvalue weighted by Crippen LogP contribution is 2.41. The molecule has 1 aliphatic rings. The van der Waals surface area contributed by atoms with E-state index < -0.39 is 18.2 Å². The van der Waals surface area contributed by atoms with Gasteiger partial charge in [-0.15, -0.1) is 0 Å². The summed E-state index contributed by atoms with van der Waals surface area (Å²) in [6.45, 7) is 6.16. The first kappa shape index (κ1) is 22.9. The van der Waals surface area contributed by atoms with Crippen molar-refractivity contribution in [3.05, 3.63) is 83.7 Å². The van der Waals surface area contributed by atoms with Crippen LogP contribution >= 0.6 is 0 Å². The summed E-state index contributed by atoms with van der Waals surface area (Å²) in [4.78, 5) is 13.3. The van der Waals surface area contributed by atoms with Crippen molar-refractivity contribution in [2.24, 2.45) is 7.05 Å². The van der Waals surface area contributed by atoms with Gasteiger partial charge >= 0.3 is 6.03 Å². The van der Waals surface area contributed by atoms with Crippen LogP contribution in [0.5, 0.6) is 0 Å². The summed E-state index contributed by atoms with van der Waals surface area (Å²) in [5.74, 6) is 0.562. The molecule has 8 nitrogen and oxygen atoms in total. The van der Waals surface area contributed by atoms with Crippen molar-refractivity contribution in [3.8, 4) is 16.9 Å². The Morgan fingerprint density at radius 3 is 2.54 bits per heavy atom. The zero-order chi connectivity index (χ0) is 24.7. The molecule has 0 saturated carbocycles. The molecule has 2 heterocycles. The number of benzene rings is 2. The van der Waals surface area contributed by atoms with E-state index in [1.165, 1.54) is 0 Å². The van der Waals surface area contributed by atoms with Gasteiger partial charge in [-0.2, -0.15) is 10.2 Å². The van der Waals surface area contributed by atoms with E-state index in [0.717, 1.165) is 33.6 Å². The summed E-state index contributed by atoms with van der Waals surface area (Å²) >= 11 is 0. The van der Waals surface area contributed by atoms with E-state index in [1.54, 1.807) is 15.6 Å². The summed E-state index contributed by atoms with van der Waals surface area (Å²) in [5.41, 5.74) is 5.15. The molecule has 8 heteroatoms. The molecule has 5 rings (SSSR count). The Kier molecular flexibility index (Phi) is 5.68. The summed E-state index contributed by atoms with van der Waals surface area (Å²) in [7, 11) is 1.86. The van der Waals surface area contributed by atoms with Crippen LogP contribution in [0, 0.1) is 6.92 Å². The highest BCUT2D eigenvalue weighted by Gasteiger charge is 2.39. The second-order valence-electron chi connectivity index (χ2n) is 9.79. The van der Waals surface area contributed by atoms with Gasteiger partial charge in [-0.25, -0.2) is 9.48 Å². The van der Waals surface area contributed by atoms with Gasteiger partial charge in [0.25, 0.3) is 0 Å². The van der Waals surface area contributed by atoms with Gasteiger partial charge in [-0.05, 0) is 42.0 Å². The van der Waals surface area contributed by atoms with Crippen LogP contribution in [0.2, 0.25) is 0 Å². The van der Waals surface area contributed by atoms with Gasteiger partial charge in [-0.1, -0.05) is 56.3 Å². The first-order chi connectivity index (χ1) is 16.7. The number of rotatable bonds is 4. The quantitative estimate of drug-likeness (QED) is 0.410. The molecule has 0 radical (unpaired) electrons. The van der Waals surface area contributed by atoms with Crippen LogP contribution in [0.3, 0.4) is 0 Å². The predicted octanol–water partition coefficient (Wildman–Crippen LogP) is 4.49. The van der Waals surface area contributed by atoms with E-state index in [0.29, 0.717) is 12.2 Å². The van der Waals surface area contributed by atoms with Crippen LogP contribution in [0.1, 0.15) is 43.0 Å². The standard InChI is InChI=1S/C27H30N6O2/c1-17-23(18-15-28-32(4)16-18)31-33(19-10-6-5-7-11-19)25(17)30-26(35)29-24-20-12-8-9-13-21(20)27(2,3)14-22(24)34/h5-13,15-16,22,24,34H,14H2,1-4H3,(H2,29,30,35)/t22-,24-/m1/s1. The number of carbonyl (C=O) groups excluding carboxylic acids is 1. The number of aliphatic hydroxyl groups excluding tert-OH is 1. The number of para-hydroxylation sites is 1. The Labute approximate surface area is 204 Å². The molecule has 1 aliphatic carbocycles. The number of hydrogen-bond acceptors (Lipinski definition) is 4. The van der Waals surface area contributed by atoms with Gasteiger partial charge < -0.3 is 10.4 Å². The van der Waals surface area contributed by atoms with Crippen molar-refractivity contribution in [3.63, 3.8) is 0 Å². The van der Waals surface area contributed by atoms with Gasteiger partial charge in [0.1, 0.15) is 11.5 Å². The monoisotopic (exact) mass is 470 g/mol. The summed E-state index contributed by atoms with van der Waals surface area (Å²) in [5, 5.41) is 26.0. The van der Waals surface area contributed by atoms with Gasteiger partial charge in [0, 0.05) is 24.4 Å². The summed E-state index contributed by atoms with van der Waals surface area (Å²) in [6.07, 6.45) is 3.51. The van der Waals surface area contributed by atoms with Crippen LogP contribution in [-0.4, -0.2) is 36.8 Å². The Hall–Kier alpha value is -3.91. The lowest BCUT2D eigenvalue weighted by Crippen LogP contribution is -2.45. The Bertz CT molecular complexity index is 1370. The van der Waals surface area contributed by atoms with Crippen molar-refractivity contribution in [1.82, 2.24) is 24.9 Å². The molecular weight excluding hydrogens is 440 g/mol. The van der Waals surface area contributed by atoms with Crippen LogP contribution in [0.15, 0.2) is 67.0 Å². The molecule has 2 aromatic carbocycles. The SMILES string of the molecule is Cc1c(-c2cnn(C)c2)nn(-c2ccccc2)c1NC(=O)N[C@@H]1c2ccccc2C(C)(C)C[C@H]1O. The largest absolute Gasteiger partial charge is 0.391 e. The van der Waals surface area contributed by atoms with E-state index in [1.807, 2.05) is 68.7 Å². The second-order valence-corrected chi connectivity index (χ2v) is 9.79. The maximum absolute atomic E-state index is 13.3. The molecule has 2 atom stereocenters. The van der Waals surface area contributed by atoms with Gasteiger partial charge in [-0.3, -0.25) is 10.00 Å². The number of nitrogens with one attached hydrogen (secondary N) is 2. The number of carbonyl (C=O) groups is 1. The molecule has 0 bridgehead atoms. The fourth-order valence-corrected chi connectivity index (χ4v) is 5.02. The maximum atomic E-state index is 13.3. The highest BCUT2D eigenvalue weighted by atomic mass is 16.3. The first-order valence-electron chi connectivity index (χ1n) is 11.7. The Morgan fingerprint density at radius 2 is 1.83 bits per heavy atom. The number of aliphatic hydroxyl groups is 1. The summed E-state index contributed by atoms with van der Waals surface area (Å²) in [6, 6.07) is 16.7. The van der Waals surface area contributed by atoms with E-state index >= 15 is 0 Å². The molecule has 35 heavy (non-hydrogen) atoms. The average Bonchev–Trinajstić information content (AvgIpc) is 3.40. The van der Waals surface area contributed by atoms with E-state index in [9.17, 15) is 9.90 Å². The highest BCUT2D eigenvalue weighted by molar-refractivity contribution is 5.91. The smallest absolute Gasteiger partial charge is 0.320 e. The normalized spacial score (nSPS) is 18.7. The molecule has 0 spiro atoms. The number of fused-ring (bicyclic) bond motifs is 1. The minimum absolute atomic E-state index is 0.175. The zero-order valence-electron chi connectivity index (χ0n) is 20.4. The van der Waals surface area contributed by atoms with E-state index in [2.05, 4.69) is 35.6 Å². The molecule has 2 amide bonds.